The number of fused-ring (bicyclic) bond motifs is 1. The molecule has 0 saturated heterocycles. The Kier molecular flexibility index (Phi) is 4.52. The van der Waals surface area contributed by atoms with E-state index in [0.717, 1.165) is 0 Å². The summed E-state index contributed by atoms with van der Waals surface area (Å²) in [5, 5.41) is 16.2. The summed E-state index contributed by atoms with van der Waals surface area (Å²) in [7, 11) is 0. The first-order valence-corrected chi connectivity index (χ1v) is 8.62. The standard InChI is InChI=1S/C22H17FN2O2/c23-17-12-10-16(11-13-17)21-18-8-4-5-9-19(18)22(27)25(24-21)14-20(26)15-6-2-1-3-7-15/h1-13,20,26H,14H2/t20-/m1/s1. The minimum absolute atomic E-state index is 0.0296. The topological polar surface area (TPSA) is 55.1 Å². The lowest BCUT2D eigenvalue weighted by molar-refractivity contribution is 0.150. The molecule has 0 aliphatic heterocycles. The van der Waals surface area contributed by atoms with Crippen LogP contribution in [0, 0.1) is 5.82 Å². The van der Waals surface area contributed by atoms with Crippen LogP contribution in [0.15, 0.2) is 83.7 Å². The van der Waals surface area contributed by atoms with Crippen molar-refractivity contribution in [1.82, 2.24) is 9.78 Å². The highest BCUT2D eigenvalue weighted by molar-refractivity contribution is 5.93. The van der Waals surface area contributed by atoms with Crippen molar-refractivity contribution in [2.45, 2.75) is 12.6 Å². The van der Waals surface area contributed by atoms with Gasteiger partial charge in [0.1, 0.15) is 5.82 Å². The van der Waals surface area contributed by atoms with Crippen molar-refractivity contribution in [2.75, 3.05) is 0 Å². The molecule has 0 radical (unpaired) electrons. The van der Waals surface area contributed by atoms with Crippen LogP contribution >= 0.6 is 0 Å². The maximum atomic E-state index is 13.3. The van der Waals surface area contributed by atoms with Crippen molar-refractivity contribution >= 4 is 10.8 Å². The predicted octanol–water partition coefficient (Wildman–Crippen LogP) is 3.94. The molecule has 1 aromatic heterocycles. The van der Waals surface area contributed by atoms with Crippen LogP contribution in [0.25, 0.3) is 22.0 Å². The third-order valence-electron chi connectivity index (χ3n) is 4.52. The molecule has 0 bridgehead atoms. The van der Waals surface area contributed by atoms with Gasteiger partial charge in [-0.05, 0) is 35.9 Å². The fourth-order valence-corrected chi connectivity index (χ4v) is 3.12. The van der Waals surface area contributed by atoms with Crippen molar-refractivity contribution in [3.8, 4) is 11.3 Å². The van der Waals surface area contributed by atoms with Gasteiger partial charge in [0, 0.05) is 10.9 Å². The van der Waals surface area contributed by atoms with E-state index in [1.54, 1.807) is 36.4 Å². The number of aliphatic hydroxyl groups excluding tert-OH is 1. The molecule has 0 fully saturated rings. The van der Waals surface area contributed by atoms with Crippen LogP contribution < -0.4 is 5.56 Å². The first kappa shape index (κ1) is 17.1. The summed E-state index contributed by atoms with van der Waals surface area (Å²) in [6, 6.07) is 22.3. The fraction of sp³-hybridized carbons (Fsp3) is 0.0909. The van der Waals surface area contributed by atoms with Crippen LogP contribution in [0.4, 0.5) is 4.39 Å². The number of aliphatic hydroxyl groups is 1. The number of rotatable bonds is 4. The summed E-state index contributed by atoms with van der Waals surface area (Å²) in [4.78, 5) is 12.9. The molecule has 0 unspecified atom stereocenters. The number of benzene rings is 3. The zero-order valence-corrected chi connectivity index (χ0v) is 14.4. The summed E-state index contributed by atoms with van der Waals surface area (Å²) in [5.74, 6) is -0.337. The van der Waals surface area contributed by atoms with Gasteiger partial charge in [0.15, 0.2) is 0 Å². The summed E-state index contributed by atoms with van der Waals surface area (Å²) >= 11 is 0. The Bertz CT molecular complexity index is 1140. The summed E-state index contributed by atoms with van der Waals surface area (Å²) < 4.78 is 14.6. The lowest BCUT2D eigenvalue weighted by atomic mass is 10.0. The Balaban J connectivity index is 1.85. The molecule has 1 heterocycles. The largest absolute Gasteiger partial charge is 0.386 e. The monoisotopic (exact) mass is 360 g/mol. The van der Waals surface area contributed by atoms with Crippen molar-refractivity contribution in [2.24, 2.45) is 0 Å². The molecule has 3 aromatic carbocycles. The smallest absolute Gasteiger partial charge is 0.274 e. The van der Waals surface area contributed by atoms with Crippen LogP contribution in [0.3, 0.4) is 0 Å². The number of hydrogen-bond acceptors (Lipinski definition) is 3. The van der Waals surface area contributed by atoms with Crippen LogP contribution in [-0.4, -0.2) is 14.9 Å². The van der Waals surface area contributed by atoms with E-state index < -0.39 is 6.10 Å². The predicted molar refractivity (Wildman–Crippen MR) is 103 cm³/mol. The van der Waals surface area contributed by atoms with E-state index in [1.165, 1.54) is 16.8 Å². The van der Waals surface area contributed by atoms with Crippen molar-refractivity contribution in [3.63, 3.8) is 0 Å². The van der Waals surface area contributed by atoms with Gasteiger partial charge in [-0.15, -0.1) is 0 Å². The maximum absolute atomic E-state index is 13.3. The third-order valence-corrected chi connectivity index (χ3v) is 4.52. The third kappa shape index (κ3) is 3.37. The molecule has 1 atom stereocenters. The summed E-state index contributed by atoms with van der Waals surface area (Å²) in [6.45, 7) is 0.0296. The second-order valence-electron chi connectivity index (χ2n) is 6.31. The second kappa shape index (κ2) is 7.13. The van der Waals surface area contributed by atoms with Crippen molar-refractivity contribution in [3.05, 3.63) is 101 Å². The van der Waals surface area contributed by atoms with E-state index in [4.69, 9.17) is 0 Å². The number of halogens is 1. The molecule has 1 N–H and O–H groups in total. The van der Waals surface area contributed by atoms with Gasteiger partial charge >= 0.3 is 0 Å². The number of aromatic nitrogens is 2. The first-order valence-electron chi connectivity index (χ1n) is 8.62. The van der Waals surface area contributed by atoms with Crippen molar-refractivity contribution in [1.29, 1.82) is 0 Å². The molecule has 134 valence electrons. The zero-order chi connectivity index (χ0) is 18.8. The molecule has 4 rings (SSSR count). The Labute approximate surface area is 155 Å². The van der Waals surface area contributed by atoms with Crippen molar-refractivity contribution < 1.29 is 9.50 Å². The van der Waals surface area contributed by atoms with E-state index in [-0.39, 0.29) is 17.9 Å². The highest BCUT2D eigenvalue weighted by Crippen LogP contribution is 2.25. The molecule has 0 saturated carbocycles. The van der Waals surface area contributed by atoms with Gasteiger partial charge in [0.05, 0.1) is 23.7 Å². The molecule has 4 aromatic rings. The van der Waals surface area contributed by atoms with E-state index in [9.17, 15) is 14.3 Å². The van der Waals surface area contributed by atoms with Gasteiger partial charge in [0.25, 0.3) is 5.56 Å². The Morgan fingerprint density at radius 1 is 0.889 bits per heavy atom. The molecule has 0 aliphatic rings. The molecular weight excluding hydrogens is 343 g/mol. The SMILES string of the molecule is O=c1c2ccccc2c(-c2ccc(F)cc2)nn1C[C@@H](O)c1ccccc1. The van der Waals surface area contributed by atoms with Gasteiger partial charge in [-0.3, -0.25) is 4.79 Å². The number of hydrogen-bond donors (Lipinski definition) is 1. The average Bonchev–Trinajstić information content (AvgIpc) is 2.71. The van der Waals surface area contributed by atoms with Gasteiger partial charge in [-0.25, -0.2) is 9.07 Å². The minimum atomic E-state index is -0.862. The molecule has 0 amide bonds. The molecule has 0 aliphatic carbocycles. The van der Waals surface area contributed by atoms with Gasteiger partial charge in [0.2, 0.25) is 0 Å². The van der Waals surface area contributed by atoms with Gasteiger partial charge in [-0.1, -0.05) is 48.5 Å². The lowest BCUT2D eigenvalue weighted by Gasteiger charge is -2.15. The second-order valence-corrected chi connectivity index (χ2v) is 6.31. The minimum Gasteiger partial charge on any atom is -0.386 e. The van der Waals surface area contributed by atoms with Crippen LogP contribution in [0.1, 0.15) is 11.7 Å². The zero-order valence-electron chi connectivity index (χ0n) is 14.4. The molecule has 4 nitrogen and oxygen atoms in total. The molecule has 0 spiro atoms. The molecular formula is C22H17FN2O2. The highest BCUT2D eigenvalue weighted by Gasteiger charge is 2.15. The fourth-order valence-electron chi connectivity index (χ4n) is 3.12. The lowest BCUT2D eigenvalue weighted by Crippen LogP contribution is -2.26. The quantitative estimate of drug-likeness (QED) is 0.600. The van der Waals surface area contributed by atoms with E-state index >= 15 is 0 Å². The highest BCUT2D eigenvalue weighted by atomic mass is 19.1. The van der Waals surface area contributed by atoms with E-state index in [0.29, 0.717) is 27.6 Å². The molecule has 5 heteroatoms. The van der Waals surface area contributed by atoms with E-state index in [2.05, 4.69) is 5.10 Å². The Hall–Kier alpha value is -3.31. The Morgan fingerprint density at radius 2 is 1.52 bits per heavy atom. The van der Waals surface area contributed by atoms with Gasteiger partial charge < -0.3 is 5.11 Å². The maximum Gasteiger partial charge on any atom is 0.274 e. The normalized spacial score (nSPS) is 12.2. The first-order chi connectivity index (χ1) is 13.1. The van der Waals surface area contributed by atoms with Crippen LogP contribution in [0.2, 0.25) is 0 Å². The number of nitrogens with zero attached hydrogens (tertiary/aromatic N) is 2. The van der Waals surface area contributed by atoms with Crippen LogP contribution in [0.5, 0.6) is 0 Å². The Morgan fingerprint density at radius 3 is 2.22 bits per heavy atom. The van der Waals surface area contributed by atoms with Gasteiger partial charge in [-0.2, -0.15) is 5.10 Å². The average molecular weight is 360 g/mol. The summed E-state index contributed by atoms with van der Waals surface area (Å²) in [6.07, 6.45) is -0.862. The van der Waals surface area contributed by atoms with E-state index in [1.807, 2.05) is 30.3 Å². The summed E-state index contributed by atoms with van der Waals surface area (Å²) in [5.41, 5.74) is 1.72. The molecule has 27 heavy (non-hydrogen) atoms. The van der Waals surface area contributed by atoms with Crippen LogP contribution in [-0.2, 0) is 6.54 Å².